The molecule has 5 heteroatoms. The van der Waals surface area contributed by atoms with Gasteiger partial charge in [-0.1, -0.05) is 51.1 Å². The van der Waals surface area contributed by atoms with Crippen molar-refractivity contribution in [3.8, 4) is 16.9 Å². The van der Waals surface area contributed by atoms with Crippen LogP contribution in [0, 0.1) is 34.0 Å². The molecule has 1 N–H and O–H groups in total. The van der Waals surface area contributed by atoms with E-state index in [0.29, 0.717) is 42.5 Å². The number of hydrogen-bond donors (Lipinski definition) is 1. The highest BCUT2D eigenvalue weighted by Crippen LogP contribution is 2.74. The highest BCUT2D eigenvalue weighted by molar-refractivity contribution is 5.87. The first-order chi connectivity index (χ1) is 20.0. The summed E-state index contributed by atoms with van der Waals surface area (Å²) in [6, 6.07) is 15.3. The lowest BCUT2D eigenvalue weighted by Crippen LogP contribution is -2.70. The molecule has 1 unspecified atom stereocenters. The number of Topliss-reactive ketones (excluding diaryl/α,β-unsaturated/α-hetero) is 1. The Kier molecular flexibility index (Phi) is 5.81. The number of aliphatic hydroxyl groups is 1. The highest BCUT2D eigenvalue weighted by Gasteiger charge is 2.72. The van der Waals surface area contributed by atoms with E-state index in [1.807, 2.05) is 12.1 Å². The van der Waals surface area contributed by atoms with E-state index in [0.717, 1.165) is 63.5 Å². The molecule has 5 aliphatic carbocycles. The topological polar surface area (TPSA) is 65.0 Å². The largest absolute Gasteiger partial charge is 0.497 e. The van der Waals surface area contributed by atoms with E-state index in [9.17, 15) is 9.90 Å². The van der Waals surface area contributed by atoms with Crippen molar-refractivity contribution in [3.05, 3.63) is 53.6 Å². The first kappa shape index (κ1) is 27.3. The average Bonchev–Trinajstić information content (AvgIpc) is 3.26. The van der Waals surface area contributed by atoms with Gasteiger partial charge in [0, 0.05) is 23.7 Å². The number of hydrogen-bond acceptors (Lipinski definition) is 5. The molecule has 8 rings (SSSR count). The lowest BCUT2D eigenvalue weighted by atomic mass is 9.36. The molecule has 2 spiro atoms. The zero-order valence-corrected chi connectivity index (χ0v) is 25.7. The van der Waals surface area contributed by atoms with Crippen LogP contribution >= 0.6 is 0 Å². The summed E-state index contributed by atoms with van der Waals surface area (Å²) in [5, 5.41) is 13.0. The van der Waals surface area contributed by atoms with E-state index in [1.165, 1.54) is 22.3 Å². The Morgan fingerprint density at radius 1 is 0.952 bits per heavy atom. The molecule has 224 valence electrons. The number of ketones is 1. The lowest BCUT2D eigenvalue weighted by molar-refractivity contribution is -0.425. The number of carbonyl (C=O) groups excluding carboxylic acids is 1. The van der Waals surface area contributed by atoms with Crippen LogP contribution < -0.4 is 4.74 Å². The van der Waals surface area contributed by atoms with Crippen molar-refractivity contribution in [1.29, 1.82) is 0 Å². The molecule has 2 aromatic carbocycles. The van der Waals surface area contributed by atoms with Gasteiger partial charge < -0.3 is 9.84 Å². The first-order valence-corrected chi connectivity index (χ1v) is 16.3. The summed E-state index contributed by atoms with van der Waals surface area (Å²) in [6.07, 6.45) is 8.80. The molecule has 2 aromatic rings. The van der Waals surface area contributed by atoms with Crippen LogP contribution in [0.1, 0.15) is 95.6 Å². The van der Waals surface area contributed by atoms with Crippen molar-refractivity contribution < 1.29 is 24.4 Å². The summed E-state index contributed by atoms with van der Waals surface area (Å²) >= 11 is 0. The third-order valence-corrected chi connectivity index (χ3v) is 13.2. The van der Waals surface area contributed by atoms with Gasteiger partial charge in [0.15, 0.2) is 0 Å². The maximum atomic E-state index is 13.5. The van der Waals surface area contributed by atoms with Crippen LogP contribution in [0.3, 0.4) is 0 Å². The van der Waals surface area contributed by atoms with Crippen molar-refractivity contribution >= 4 is 5.78 Å². The Morgan fingerprint density at radius 3 is 2.50 bits per heavy atom. The minimum absolute atomic E-state index is 0.0299. The molecule has 5 fully saturated rings. The maximum absolute atomic E-state index is 13.5. The Bertz CT molecular complexity index is 1430. The fourth-order valence-corrected chi connectivity index (χ4v) is 11.6. The summed E-state index contributed by atoms with van der Waals surface area (Å²) in [5.41, 5.74) is 3.51. The zero-order valence-electron chi connectivity index (χ0n) is 25.7. The van der Waals surface area contributed by atoms with Crippen LogP contribution in [0.4, 0.5) is 0 Å². The quantitative estimate of drug-likeness (QED) is 0.380. The minimum atomic E-state index is -0.814. The van der Waals surface area contributed by atoms with Gasteiger partial charge in [-0.05, 0) is 115 Å². The highest BCUT2D eigenvalue weighted by atomic mass is 17.2. The smallest absolute Gasteiger partial charge is 0.139 e. The number of ether oxygens (including phenoxy) is 1. The molecule has 0 aromatic heterocycles. The molecule has 1 saturated heterocycles. The van der Waals surface area contributed by atoms with Gasteiger partial charge in [-0.15, -0.1) is 0 Å². The van der Waals surface area contributed by atoms with Crippen LogP contribution in [0.2, 0.25) is 0 Å². The van der Waals surface area contributed by atoms with Gasteiger partial charge in [-0.3, -0.25) is 4.79 Å². The van der Waals surface area contributed by atoms with Crippen LogP contribution in [-0.4, -0.2) is 35.8 Å². The normalized spacial score (nSPS) is 43.2. The molecule has 6 aliphatic rings. The van der Waals surface area contributed by atoms with Gasteiger partial charge in [0.25, 0.3) is 0 Å². The van der Waals surface area contributed by atoms with E-state index in [1.54, 1.807) is 7.11 Å². The Hall–Kier alpha value is -2.21. The number of fused-ring (bicyclic) bond motifs is 4. The fraction of sp³-hybridized carbons (Fsp3) is 0.649. The average molecular weight is 571 g/mol. The van der Waals surface area contributed by atoms with E-state index < -0.39 is 11.2 Å². The number of methoxy groups -OCH3 is 1. The van der Waals surface area contributed by atoms with E-state index in [2.05, 4.69) is 51.1 Å². The molecule has 8 atom stereocenters. The van der Waals surface area contributed by atoms with Gasteiger partial charge in [-0.25, -0.2) is 9.78 Å². The second-order valence-electron chi connectivity index (χ2n) is 16.1. The van der Waals surface area contributed by atoms with E-state index in [4.69, 9.17) is 14.5 Å². The summed E-state index contributed by atoms with van der Waals surface area (Å²) in [5.74, 6) is 2.96. The zero-order chi connectivity index (χ0) is 29.1. The standard InChI is InChI=1S/C37H46O5/c1-33(2)20-35(42-41-22-33)15-16-36-18-25-17-24(23-5-8-26(40-4)9-6-23)7-10-27(25)29-19-34(3)30(11-12-31(34)38)28(32(29)36)13-14-37(36,39)21-35/h5-10,17,28-30,32,39H,11-16,18-22H2,1-4H3/t28-,29+,30-,32+,34-,35?,36-,37+/m0/s1. The third kappa shape index (κ3) is 3.69. The SMILES string of the molecule is COc1ccc(-c2ccc3c(c2)C[C@]24CCC5(CC(C)(C)COO5)C[C@]2(O)CC[C@@H]2[C@@H]4[C@@H]3C[C@]3(C)C(=O)CC[C@@H]23)cc1. The van der Waals surface area contributed by atoms with Crippen molar-refractivity contribution in [1.82, 2.24) is 0 Å². The van der Waals surface area contributed by atoms with Gasteiger partial charge in [0.05, 0.1) is 19.3 Å². The molecular formula is C37H46O5. The second-order valence-corrected chi connectivity index (χ2v) is 16.1. The molecule has 1 aliphatic heterocycles. The van der Waals surface area contributed by atoms with Crippen LogP contribution in [0.15, 0.2) is 42.5 Å². The minimum Gasteiger partial charge on any atom is -0.497 e. The Labute approximate surface area is 250 Å². The number of rotatable bonds is 2. The van der Waals surface area contributed by atoms with Crippen molar-refractivity contribution in [2.24, 2.45) is 34.0 Å². The summed E-state index contributed by atoms with van der Waals surface area (Å²) in [7, 11) is 1.70. The van der Waals surface area contributed by atoms with Gasteiger partial charge in [0.2, 0.25) is 0 Å². The van der Waals surface area contributed by atoms with E-state index >= 15 is 0 Å². The van der Waals surface area contributed by atoms with Crippen molar-refractivity contribution in [2.45, 2.75) is 102 Å². The predicted molar refractivity (Wildman–Crippen MR) is 161 cm³/mol. The molecule has 42 heavy (non-hydrogen) atoms. The predicted octanol–water partition coefficient (Wildman–Crippen LogP) is 7.44. The molecule has 0 amide bonds. The molecule has 0 bridgehead atoms. The monoisotopic (exact) mass is 570 g/mol. The number of benzene rings is 2. The van der Waals surface area contributed by atoms with E-state index in [-0.39, 0.29) is 16.2 Å². The first-order valence-electron chi connectivity index (χ1n) is 16.3. The van der Waals surface area contributed by atoms with Crippen LogP contribution in [0.25, 0.3) is 11.1 Å². The summed E-state index contributed by atoms with van der Waals surface area (Å²) in [6.45, 7) is 7.40. The molecule has 1 heterocycles. The molecule has 4 saturated carbocycles. The van der Waals surface area contributed by atoms with Gasteiger partial charge >= 0.3 is 0 Å². The molecule has 5 nitrogen and oxygen atoms in total. The van der Waals surface area contributed by atoms with Crippen molar-refractivity contribution in [3.63, 3.8) is 0 Å². The maximum Gasteiger partial charge on any atom is 0.139 e. The fourth-order valence-electron chi connectivity index (χ4n) is 11.6. The van der Waals surface area contributed by atoms with Crippen LogP contribution in [-0.2, 0) is 21.0 Å². The molecular weight excluding hydrogens is 524 g/mol. The summed E-state index contributed by atoms with van der Waals surface area (Å²) in [4.78, 5) is 25.4. The lowest BCUT2D eigenvalue weighted by Gasteiger charge is -2.70. The van der Waals surface area contributed by atoms with Gasteiger partial charge in [-0.2, -0.15) is 0 Å². The van der Waals surface area contributed by atoms with Crippen molar-refractivity contribution in [2.75, 3.05) is 13.7 Å². The number of carbonyl (C=O) groups is 1. The molecule has 0 radical (unpaired) electrons. The Balaban J connectivity index is 1.25. The second kappa shape index (κ2) is 8.92. The van der Waals surface area contributed by atoms with Gasteiger partial charge in [0.1, 0.15) is 17.1 Å². The Morgan fingerprint density at radius 2 is 1.74 bits per heavy atom. The van der Waals surface area contributed by atoms with Crippen LogP contribution in [0.5, 0.6) is 5.75 Å². The third-order valence-electron chi connectivity index (χ3n) is 13.2. The summed E-state index contributed by atoms with van der Waals surface area (Å²) < 4.78 is 5.41.